The van der Waals surface area contributed by atoms with Crippen molar-refractivity contribution in [1.29, 1.82) is 0 Å². The van der Waals surface area contributed by atoms with Crippen LogP contribution < -0.4 is 5.32 Å². The third-order valence-corrected chi connectivity index (χ3v) is 11.3. The Morgan fingerprint density at radius 1 is 0.509 bits per heavy atom. The highest BCUT2D eigenvalue weighted by Crippen LogP contribution is 2.18. The van der Waals surface area contributed by atoms with Crippen molar-refractivity contribution in [1.82, 2.24) is 5.32 Å². The quantitative estimate of drug-likeness (QED) is 0.0325. The average Bonchev–Trinajstić information content (AvgIpc) is 3.18. The highest BCUT2D eigenvalue weighted by molar-refractivity contribution is 5.77. The third-order valence-electron chi connectivity index (χ3n) is 11.3. The fourth-order valence-corrected chi connectivity index (χ4v) is 7.60. The van der Waals surface area contributed by atoms with Crippen molar-refractivity contribution in [3.8, 4) is 0 Å². The number of allylic oxidation sites excluding steroid dienone is 2. The van der Waals surface area contributed by atoms with Crippen LogP contribution in [-0.4, -0.2) is 46.9 Å². The van der Waals surface area contributed by atoms with Gasteiger partial charge in [-0.1, -0.05) is 213 Å². The second kappa shape index (κ2) is 43.7. The number of amides is 1. The molecule has 0 saturated heterocycles. The number of hydrogen-bond donors (Lipinski definition) is 3. The molecule has 0 aromatic rings. The van der Waals surface area contributed by atoms with Crippen molar-refractivity contribution < 1.29 is 24.5 Å². The Labute approximate surface area is 342 Å². The van der Waals surface area contributed by atoms with Gasteiger partial charge in [0.2, 0.25) is 5.91 Å². The topological polar surface area (TPSA) is 95.9 Å². The molecule has 0 bridgehead atoms. The fourth-order valence-electron chi connectivity index (χ4n) is 7.60. The molecule has 0 aliphatic carbocycles. The first-order chi connectivity index (χ1) is 27.0. The summed E-state index contributed by atoms with van der Waals surface area (Å²) in [6, 6.07) is -0.693. The van der Waals surface area contributed by atoms with E-state index in [0.717, 1.165) is 44.9 Å². The standard InChI is InChI=1S/C49H95NO5/c1-4-7-10-13-16-19-21-23-24-25-27-30-33-36-39-42-49(54)55-45(40-37-34-31-29-26-22-20-17-14-11-8-5-2)43-48(53)50-46(44-51)47(52)41-38-35-32-28-18-15-12-9-6-3/h19,21,45-47,51-52H,4-18,20,22-44H2,1-3H3,(H,50,53)/b21-19-. The predicted molar refractivity (Wildman–Crippen MR) is 237 cm³/mol. The zero-order valence-electron chi connectivity index (χ0n) is 37.1. The van der Waals surface area contributed by atoms with Gasteiger partial charge in [0.25, 0.3) is 0 Å². The first kappa shape index (κ1) is 53.6. The van der Waals surface area contributed by atoms with Gasteiger partial charge in [-0.3, -0.25) is 9.59 Å². The molecule has 0 rings (SSSR count). The third kappa shape index (κ3) is 39.2. The Bertz CT molecular complexity index is 832. The molecule has 0 fully saturated rings. The van der Waals surface area contributed by atoms with Crippen LogP contribution in [0, 0.1) is 0 Å². The zero-order chi connectivity index (χ0) is 40.3. The summed E-state index contributed by atoms with van der Waals surface area (Å²) in [6.07, 6.45) is 47.0. The molecule has 0 spiro atoms. The van der Waals surface area contributed by atoms with Gasteiger partial charge in [0, 0.05) is 6.42 Å². The van der Waals surface area contributed by atoms with Gasteiger partial charge < -0.3 is 20.3 Å². The van der Waals surface area contributed by atoms with Crippen molar-refractivity contribution in [3.05, 3.63) is 12.2 Å². The van der Waals surface area contributed by atoms with Crippen LogP contribution in [0.15, 0.2) is 12.2 Å². The van der Waals surface area contributed by atoms with Crippen LogP contribution in [0.4, 0.5) is 0 Å². The molecule has 0 aliphatic rings. The fraction of sp³-hybridized carbons (Fsp3) is 0.918. The van der Waals surface area contributed by atoms with Crippen LogP contribution in [0.5, 0.6) is 0 Å². The van der Waals surface area contributed by atoms with Crippen LogP contribution in [-0.2, 0) is 14.3 Å². The first-order valence-electron chi connectivity index (χ1n) is 24.4. The summed E-state index contributed by atoms with van der Waals surface area (Å²) in [5, 5.41) is 23.6. The van der Waals surface area contributed by atoms with E-state index in [1.54, 1.807) is 0 Å². The molecule has 3 unspecified atom stereocenters. The molecule has 3 atom stereocenters. The summed E-state index contributed by atoms with van der Waals surface area (Å²) in [5.74, 6) is -0.466. The van der Waals surface area contributed by atoms with E-state index in [1.165, 1.54) is 173 Å². The number of esters is 1. The highest BCUT2D eigenvalue weighted by Gasteiger charge is 2.24. The molecule has 0 aromatic heterocycles. The van der Waals surface area contributed by atoms with Gasteiger partial charge in [0.15, 0.2) is 0 Å². The van der Waals surface area contributed by atoms with E-state index >= 15 is 0 Å². The Balaban J connectivity index is 4.53. The molecule has 0 heterocycles. The summed E-state index contributed by atoms with van der Waals surface area (Å²) in [6.45, 7) is 6.46. The summed E-state index contributed by atoms with van der Waals surface area (Å²) in [5.41, 5.74) is 0. The summed E-state index contributed by atoms with van der Waals surface area (Å²) in [7, 11) is 0. The normalized spacial score (nSPS) is 13.3. The van der Waals surface area contributed by atoms with Crippen molar-refractivity contribution in [2.24, 2.45) is 0 Å². The van der Waals surface area contributed by atoms with Gasteiger partial charge in [0.1, 0.15) is 6.10 Å². The molecule has 55 heavy (non-hydrogen) atoms. The monoisotopic (exact) mass is 778 g/mol. The SMILES string of the molecule is CCCCCC/C=C\CCCCCCCCCC(=O)OC(CCCCCCCCCCCCCC)CC(=O)NC(CO)C(O)CCCCCCCCCCC. The molecule has 3 N–H and O–H groups in total. The van der Waals surface area contributed by atoms with E-state index in [-0.39, 0.29) is 24.9 Å². The van der Waals surface area contributed by atoms with Gasteiger partial charge in [-0.2, -0.15) is 0 Å². The second-order valence-corrected chi connectivity index (χ2v) is 16.9. The van der Waals surface area contributed by atoms with Crippen LogP contribution in [0.3, 0.4) is 0 Å². The van der Waals surface area contributed by atoms with Gasteiger partial charge in [0.05, 0.1) is 25.2 Å². The summed E-state index contributed by atoms with van der Waals surface area (Å²) in [4.78, 5) is 26.0. The molecule has 0 saturated carbocycles. The van der Waals surface area contributed by atoms with E-state index < -0.39 is 18.2 Å². The molecule has 6 nitrogen and oxygen atoms in total. The minimum Gasteiger partial charge on any atom is -0.462 e. The van der Waals surface area contributed by atoms with E-state index in [2.05, 4.69) is 38.2 Å². The average molecular weight is 778 g/mol. The summed E-state index contributed by atoms with van der Waals surface area (Å²) < 4.78 is 5.92. The number of carbonyl (C=O) groups is 2. The number of carbonyl (C=O) groups excluding carboxylic acids is 2. The van der Waals surface area contributed by atoms with Gasteiger partial charge >= 0.3 is 5.97 Å². The van der Waals surface area contributed by atoms with Gasteiger partial charge in [-0.25, -0.2) is 0 Å². The minimum absolute atomic E-state index is 0.0824. The van der Waals surface area contributed by atoms with Gasteiger partial charge in [-0.05, 0) is 51.4 Å². The zero-order valence-corrected chi connectivity index (χ0v) is 37.1. The van der Waals surface area contributed by atoms with Crippen molar-refractivity contribution in [3.63, 3.8) is 0 Å². The molecule has 0 aliphatic heterocycles. The van der Waals surface area contributed by atoms with Crippen LogP contribution in [0.25, 0.3) is 0 Å². The number of rotatable bonds is 44. The van der Waals surface area contributed by atoms with E-state index in [9.17, 15) is 19.8 Å². The first-order valence-corrected chi connectivity index (χ1v) is 24.4. The van der Waals surface area contributed by atoms with Crippen molar-refractivity contribution in [2.45, 2.75) is 283 Å². The van der Waals surface area contributed by atoms with Crippen LogP contribution in [0.2, 0.25) is 0 Å². The Hall–Kier alpha value is -1.40. The molecule has 1 amide bonds. The number of hydrogen-bond acceptors (Lipinski definition) is 5. The number of ether oxygens (including phenoxy) is 1. The van der Waals surface area contributed by atoms with E-state index in [1.807, 2.05) is 0 Å². The Morgan fingerprint density at radius 2 is 0.873 bits per heavy atom. The minimum atomic E-state index is -0.780. The maximum absolute atomic E-state index is 13.1. The summed E-state index contributed by atoms with van der Waals surface area (Å²) >= 11 is 0. The maximum atomic E-state index is 13.1. The smallest absolute Gasteiger partial charge is 0.306 e. The molecular weight excluding hydrogens is 683 g/mol. The van der Waals surface area contributed by atoms with Gasteiger partial charge in [-0.15, -0.1) is 0 Å². The largest absolute Gasteiger partial charge is 0.462 e. The van der Waals surface area contributed by atoms with E-state index in [0.29, 0.717) is 19.3 Å². The predicted octanol–water partition coefficient (Wildman–Crippen LogP) is 14.2. The lowest BCUT2D eigenvalue weighted by Crippen LogP contribution is -2.46. The lowest BCUT2D eigenvalue weighted by Gasteiger charge is -2.24. The number of nitrogens with one attached hydrogen (secondary N) is 1. The van der Waals surface area contributed by atoms with Crippen molar-refractivity contribution >= 4 is 11.9 Å². The van der Waals surface area contributed by atoms with Crippen LogP contribution in [0.1, 0.15) is 265 Å². The lowest BCUT2D eigenvalue weighted by atomic mass is 10.0. The van der Waals surface area contributed by atoms with Crippen molar-refractivity contribution in [2.75, 3.05) is 6.61 Å². The molecule has 326 valence electrons. The molecular formula is C49H95NO5. The number of unbranched alkanes of at least 4 members (excludes halogenated alkanes) is 30. The van der Waals surface area contributed by atoms with E-state index in [4.69, 9.17) is 4.74 Å². The Kier molecular flexibility index (Phi) is 42.6. The highest BCUT2D eigenvalue weighted by atomic mass is 16.5. The number of aliphatic hydroxyl groups is 2. The maximum Gasteiger partial charge on any atom is 0.306 e. The molecule has 6 heteroatoms. The second-order valence-electron chi connectivity index (χ2n) is 16.9. The molecule has 0 aromatic carbocycles. The Morgan fingerprint density at radius 3 is 1.31 bits per heavy atom. The molecule has 0 radical (unpaired) electrons. The van der Waals surface area contributed by atoms with Crippen LogP contribution >= 0.6 is 0 Å². The lowest BCUT2D eigenvalue weighted by molar-refractivity contribution is -0.151. The number of aliphatic hydroxyl groups excluding tert-OH is 2.